The van der Waals surface area contributed by atoms with Crippen LogP contribution in [-0.4, -0.2) is 19.6 Å². The number of ether oxygens (including phenoxy) is 1. The van der Waals surface area contributed by atoms with Crippen LogP contribution in [0, 0.1) is 0 Å². The van der Waals surface area contributed by atoms with Gasteiger partial charge in [-0.25, -0.2) is 0 Å². The number of nitrogens with one attached hydrogen (secondary N) is 2. The third kappa shape index (κ3) is 2.42. The highest BCUT2D eigenvalue weighted by Crippen LogP contribution is 2.33. The first kappa shape index (κ1) is 11.9. The Kier molecular flexibility index (Phi) is 3.64. The Morgan fingerprint density at radius 3 is 3.00 bits per heavy atom. The molecule has 1 heterocycles. The SMILES string of the molecule is CCCCOc1ccc2c(c1)NC(=O)C2NC. The van der Waals surface area contributed by atoms with E-state index in [1.165, 1.54) is 0 Å². The van der Waals surface area contributed by atoms with Gasteiger partial charge in [0.1, 0.15) is 11.8 Å². The van der Waals surface area contributed by atoms with Gasteiger partial charge in [0.25, 0.3) is 0 Å². The van der Waals surface area contributed by atoms with Gasteiger partial charge < -0.3 is 15.4 Å². The summed E-state index contributed by atoms with van der Waals surface area (Å²) in [5.74, 6) is 0.808. The number of benzene rings is 1. The van der Waals surface area contributed by atoms with E-state index in [0.717, 1.165) is 36.4 Å². The zero-order valence-corrected chi connectivity index (χ0v) is 10.2. The van der Waals surface area contributed by atoms with Crippen LogP contribution in [0.3, 0.4) is 0 Å². The second kappa shape index (κ2) is 5.19. The standard InChI is InChI=1S/C13H18N2O2/c1-3-4-7-17-9-5-6-10-11(8-9)15-13(16)12(10)14-2/h5-6,8,12,14H,3-4,7H2,1-2H3,(H,15,16). The van der Waals surface area contributed by atoms with Gasteiger partial charge in [0.2, 0.25) is 5.91 Å². The fourth-order valence-corrected chi connectivity index (χ4v) is 1.95. The van der Waals surface area contributed by atoms with Gasteiger partial charge in [0.15, 0.2) is 0 Å². The van der Waals surface area contributed by atoms with Crippen LogP contribution in [0.25, 0.3) is 0 Å². The van der Waals surface area contributed by atoms with E-state index in [2.05, 4.69) is 17.6 Å². The molecule has 0 aliphatic carbocycles. The molecule has 4 nitrogen and oxygen atoms in total. The van der Waals surface area contributed by atoms with Crippen molar-refractivity contribution in [2.45, 2.75) is 25.8 Å². The van der Waals surface area contributed by atoms with Crippen molar-refractivity contribution in [2.75, 3.05) is 19.0 Å². The smallest absolute Gasteiger partial charge is 0.246 e. The second-order valence-corrected chi connectivity index (χ2v) is 4.16. The molecule has 1 unspecified atom stereocenters. The summed E-state index contributed by atoms with van der Waals surface area (Å²) in [6.45, 7) is 2.85. The molecule has 2 rings (SSSR count). The molecule has 1 atom stereocenters. The highest BCUT2D eigenvalue weighted by molar-refractivity contribution is 6.02. The summed E-state index contributed by atoms with van der Waals surface area (Å²) < 4.78 is 5.60. The van der Waals surface area contributed by atoms with Crippen LogP contribution in [0.5, 0.6) is 5.75 Å². The number of carbonyl (C=O) groups is 1. The van der Waals surface area contributed by atoms with E-state index in [-0.39, 0.29) is 11.9 Å². The molecule has 0 aromatic heterocycles. The highest BCUT2D eigenvalue weighted by atomic mass is 16.5. The van der Waals surface area contributed by atoms with E-state index < -0.39 is 0 Å². The van der Waals surface area contributed by atoms with Gasteiger partial charge in [-0.05, 0) is 19.5 Å². The first-order valence-electron chi connectivity index (χ1n) is 6.01. The van der Waals surface area contributed by atoms with Crippen LogP contribution in [0.2, 0.25) is 0 Å². The Morgan fingerprint density at radius 2 is 2.29 bits per heavy atom. The van der Waals surface area contributed by atoms with E-state index in [0.29, 0.717) is 0 Å². The lowest BCUT2D eigenvalue weighted by Gasteiger charge is -2.08. The number of hydrogen-bond donors (Lipinski definition) is 2. The predicted molar refractivity (Wildman–Crippen MR) is 67.3 cm³/mol. The van der Waals surface area contributed by atoms with Gasteiger partial charge in [-0.3, -0.25) is 4.79 Å². The summed E-state index contributed by atoms with van der Waals surface area (Å²) in [4.78, 5) is 11.6. The van der Waals surface area contributed by atoms with E-state index in [9.17, 15) is 4.79 Å². The van der Waals surface area contributed by atoms with E-state index in [4.69, 9.17) is 4.74 Å². The van der Waals surface area contributed by atoms with Gasteiger partial charge in [-0.15, -0.1) is 0 Å². The molecule has 4 heteroatoms. The molecule has 1 aromatic rings. The van der Waals surface area contributed by atoms with Crippen molar-refractivity contribution < 1.29 is 9.53 Å². The summed E-state index contributed by atoms with van der Waals surface area (Å²) in [5, 5.41) is 5.84. The molecule has 1 aliphatic heterocycles. The average molecular weight is 234 g/mol. The molecule has 0 saturated heterocycles. The minimum absolute atomic E-state index is 0.00629. The lowest BCUT2D eigenvalue weighted by Crippen LogP contribution is -2.23. The molecular weight excluding hydrogens is 216 g/mol. The molecule has 0 spiro atoms. The topological polar surface area (TPSA) is 50.4 Å². The summed E-state index contributed by atoms with van der Waals surface area (Å²) in [6, 6.07) is 5.50. The maximum atomic E-state index is 11.6. The Labute approximate surface area is 101 Å². The normalized spacial score (nSPS) is 17.8. The molecule has 0 fully saturated rings. The van der Waals surface area contributed by atoms with Crippen LogP contribution >= 0.6 is 0 Å². The number of fused-ring (bicyclic) bond motifs is 1. The van der Waals surface area contributed by atoms with Crippen molar-refractivity contribution in [3.05, 3.63) is 23.8 Å². The molecule has 2 N–H and O–H groups in total. The van der Waals surface area contributed by atoms with Gasteiger partial charge >= 0.3 is 0 Å². The van der Waals surface area contributed by atoms with Crippen molar-refractivity contribution in [3.63, 3.8) is 0 Å². The Morgan fingerprint density at radius 1 is 1.47 bits per heavy atom. The third-order valence-electron chi connectivity index (χ3n) is 2.91. The van der Waals surface area contributed by atoms with Gasteiger partial charge in [0.05, 0.1) is 6.61 Å². The molecular formula is C13H18N2O2. The summed E-state index contributed by atoms with van der Waals surface area (Å²) in [7, 11) is 1.78. The van der Waals surface area contributed by atoms with E-state index >= 15 is 0 Å². The third-order valence-corrected chi connectivity index (χ3v) is 2.91. The first-order valence-corrected chi connectivity index (χ1v) is 6.01. The van der Waals surface area contributed by atoms with Crippen LogP contribution < -0.4 is 15.4 Å². The van der Waals surface area contributed by atoms with Crippen molar-refractivity contribution in [3.8, 4) is 5.75 Å². The van der Waals surface area contributed by atoms with Crippen molar-refractivity contribution in [2.24, 2.45) is 0 Å². The molecule has 0 radical (unpaired) electrons. The predicted octanol–water partition coefficient (Wildman–Crippen LogP) is 2.08. The first-order chi connectivity index (χ1) is 8.26. The van der Waals surface area contributed by atoms with Crippen molar-refractivity contribution in [1.82, 2.24) is 5.32 Å². The van der Waals surface area contributed by atoms with Gasteiger partial charge in [-0.2, -0.15) is 0 Å². The zero-order chi connectivity index (χ0) is 12.3. The van der Waals surface area contributed by atoms with Gasteiger partial charge in [0, 0.05) is 17.3 Å². The lowest BCUT2D eigenvalue weighted by molar-refractivity contribution is -0.117. The fourth-order valence-electron chi connectivity index (χ4n) is 1.95. The lowest BCUT2D eigenvalue weighted by atomic mass is 10.1. The quantitative estimate of drug-likeness (QED) is 0.767. The molecule has 0 bridgehead atoms. The maximum absolute atomic E-state index is 11.6. The summed E-state index contributed by atoms with van der Waals surface area (Å²) in [5.41, 5.74) is 1.84. The Hall–Kier alpha value is -1.55. The summed E-state index contributed by atoms with van der Waals surface area (Å²) in [6.07, 6.45) is 2.16. The highest BCUT2D eigenvalue weighted by Gasteiger charge is 2.29. The molecule has 1 aromatic carbocycles. The van der Waals surface area contributed by atoms with Crippen LogP contribution in [0.15, 0.2) is 18.2 Å². The number of anilines is 1. The maximum Gasteiger partial charge on any atom is 0.246 e. The average Bonchev–Trinajstić information content (AvgIpc) is 2.64. The van der Waals surface area contributed by atoms with E-state index in [1.54, 1.807) is 7.05 Å². The largest absolute Gasteiger partial charge is 0.494 e. The van der Waals surface area contributed by atoms with E-state index in [1.807, 2.05) is 18.2 Å². The minimum atomic E-state index is -0.241. The molecule has 17 heavy (non-hydrogen) atoms. The number of unbranched alkanes of at least 4 members (excludes halogenated alkanes) is 1. The number of hydrogen-bond acceptors (Lipinski definition) is 3. The van der Waals surface area contributed by atoms with Gasteiger partial charge in [-0.1, -0.05) is 19.4 Å². The van der Waals surface area contributed by atoms with Crippen molar-refractivity contribution >= 4 is 11.6 Å². The molecule has 92 valence electrons. The fraction of sp³-hybridized carbons (Fsp3) is 0.462. The Bertz CT molecular complexity index is 418. The number of rotatable bonds is 5. The monoisotopic (exact) mass is 234 g/mol. The summed E-state index contributed by atoms with van der Waals surface area (Å²) >= 11 is 0. The minimum Gasteiger partial charge on any atom is -0.494 e. The van der Waals surface area contributed by atoms with Crippen LogP contribution in [0.1, 0.15) is 31.4 Å². The molecule has 0 saturated carbocycles. The van der Waals surface area contributed by atoms with Crippen LogP contribution in [0.4, 0.5) is 5.69 Å². The zero-order valence-electron chi connectivity index (χ0n) is 10.2. The van der Waals surface area contributed by atoms with Crippen LogP contribution in [-0.2, 0) is 4.79 Å². The molecule has 1 amide bonds. The second-order valence-electron chi connectivity index (χ2n) is 4.16. The Balaban J connectivity index is 2.11. The number of amides is 1. The number of likely N-dealkylation sites (N-methyl/N-ethyl adjacent to an activating group) is 1. The number of carbonyl (C=O) groups excluding carboxylic acids is 1. The molecule has 1 aliphatic rings. The van der Waals surface area contributed by atoms with Crippen molar-refractivity contribution in [1.29, 1.82) is 0 Å².